The zero-order chi connectivity index (χ0) is 16.0. The number of benzene rings is 1. The largest absolute Gasteiger partial charge is 0.389 e. The lowest BCUT2D eigenvalue weighted by atomic mass is 10.1. The Morgan fingerprint density at radius 2 is 1.86 bits per heavy atom. The molecule has 0 saturated carbocycles. The number of likely N-dealkylation sites (N-methyl/N-ethyl adjacent to an activating group) is 1. The van der Waals surface area contributed by atoms with Gasteiger partial charge in [0.1, 0.15) is 4.99 Å². The van der Waals surface area contributed by atoms with Crippen molar-refractivity contribution in [1.82, 2.24) is 4.90 Å². The summed E-state index contributed by atoms with van der Waals surface area (Å²) >= 11 is 4.90. The first-order valence-corrected chi connectivity index (χ1v) is 7.63. The standard InChI is InChI=1S/C16H25N3OS/c1-11(2)9-10-19(4)12(3)16(20)18-14-7-5-13(6-8-14)15(17)21/h5-8,11-12H,9-10H2,1-4H3,(H2,17,21)(H,18,20). The zero-order valence-electron chi connectivity index (χ0n) is 13.2. The van der Waals surface area contributed by atoms with Crippen LogP contribution in [0.4, 0.5) is 5.69 Å². The van der Waals surface area contributed by atoms with Crippen molar-refractivity contribution in [2.24, 2.45) is 11.7 Å². The number of thiocarbonyl (C=S) groups is 1. The lowest BCUT2D eigenvalue weighted by Crippen LogP contribution is -2.40. The quantitative estimate of drug-likeness (QED) is 0.760. The smallest absolute Gasteiger partial charge is 0.241 e. The number of rotatable bonds is 7. The van der Waals surface area contributed by atoms with Gasteiger partial charge in [0.15, 0.2) is 0 Å². The van der Waals surface area contributed by atoms with E-state index in [1.54, 1.807) is 0 Å². The Morgan fingerprint density at radius 3 is 2.33 bits per heavy atom. The van der Waals surface area contributed by atoms with Crippen molar-refractivity contribution < 1.29 is 4.79 Å². The average Bonchev–Trinajstić information content (AvgIpc) is 2.44. The normalized spacial score (nSPS) is 12.5. The Labute approximate surface area is 132 Å². The van der Waals surface area contributed by atoms with Crippen LogP contribution >= 0.6 is 12.2 Å². The van der Waals surface area contributed by atoms with Crippen LogP contribution in [0.15, 0.2) is 24.3 Å². The summed E-state index contributed by atoms with van der Waals surface area (Å²) in [5.41, 5.74) is 7.10. The molecule has 0 fully saturated rings. The average molecular weight is 307 g/mol. The molecule has 0 radical (unpaired) electrons. The van der Waals surface area contributed by atoms with Gasteiger partial charge in [0, 0.05) is 11.3 Å². The second kappa shape index (κ2) is 8.10. The van der Waals surface area contributed by atoms with Crippen LogP contribution in [0.3, 0.4) is 0 Å². The Hall–Kier alpha value is -1.46. The van der Waals surface area contributed by atoms with Crippen LogP contribution in [0, 0.1) is 5.92 Å². The molecule has 0 aliphatic carbocycles. The number of hydrogen-bond donors (Lipinski definition) is 2. The summed E-state index contributed by atoms with van der Waals surface area (Å²) in [5.74, 6) is 0.625. The lowest BCUT2D eigenvalue weighted by molar-refractivity contribution is -0.120. The van der Waals surface area contributed by atoms with Crippen molar-refractivity contribution in [3.8, 4) is 0 Å². The first-order chi connectivity index (χ1) is 9.81. The molecule has 4 nitrogen and oxygen atoms in total. The van der Waals surface area contributed by atoms with E-state index in [9.17, 15) is 4.79 Å². The SMILES string of the molecule is CC(C)CCN(C)C(C)C(=O)Nc1ccc(C(N)=S)cc1. The third-order valence-corrected chi connectivity index (χ3v) is 3.77. The second-order valence-electron chi connectivity index (χ2n) is 5.77. The first-order valence-electron chi connectivity index (χ1n) is 7.22. The van der Waals surface area contributed by atoms with E-state index in [0.29, 0.717) is 10.9 Å². The minimum Gasteiger partial charge on any atom is -0.389 e. The van der Waals surface area contributed by atoms with Crippen LogP contribution in [0.25, 0.3) is 0 Å². The molecule has 1 aromatic rings. The van der Waals surface area contributed by atoms with Crippen LogP contribution < -0.4 is 11.1 Å². The van der Waals surface area contributed by atoms with Gasteiger partial charge in [0.2, 0.25) is 5.91 Å². The minimum absolute atomic E-state index is 0.00988. The molecule has 1 aromatic carbocycles. The van der Waals surface area contributed by atoms with Gasteiger partial charge in [-0.15, -0.1) is 0 Å². The van der Waals surface area contributed by atoms with Gasteiger partial charge in [-0.2, -0.15) is 0 Å². The molecule has 21 heavy (non-hydrogen) atoms. The van der Waals surface area contributed by atoms with Crippen LogP contribution in [-0.2, 0) is 4.79 Å². The summed E-state index contributed by atoms with van der Waals surface area (Å²) in [5, 5.41) is 2.91. The third-order valence-electron chi connectivity index (χ3n) is 3.54. The van der Waals surface area contributed by atoms with Gasteiger partial charge in [-0.3, -0.25) is 9.69 Å². The fraction of sp³-hybridized carbons (Fsp3) is 0.500. The minimum atomic E-state index is -0.168. The summed E-state index contributed by atoms with van der Waals surface area (Å²) in [6.07, 6.45) is 1.08. The summed E-state index contributed by atoms with van der Waals surface area (Å²) in [6.45, 7) is 7.19. The maximum atomic E-state index is 12.2. The van der Waals surface area contributed by atoms with E-state index in [2.05, 4.69) is 24.1 Å². The number of carbonyl (C=O) groups excluding carboxylic acids is 1. The highest BCUT2D eigenvalue weighted by Crippen LogP contribution is 2.11. The maximum Gasteiger partial charge on any atom is 0.241 e. The zero-order valence-corrected chi connectivity index (χ0v) is 14.0. The fourth-order valence-corrected chi connectivity index (χ4v) is 1.96. The van der Waals surface area contributed by atoms with Gasteiger partial charge >= 0.3 is 0 Å². The van der Waals surface area contributed by atoms with Gasteiger partial charge in [0.25, 0.3) is 0 Å². The molecular weight excluding hydrogens is 282 g/mol. The van der Waals surface area contributed by atoms with Crippen molar-refractivity contribution in [2.75, 3.05) is 18.9 Å². The van der Waals surface area contributed by atoms with E-state index in [1.165, 1.54) is 0 Å². The molecule has 1 unspecified atom stereocenters. The first kappa shape index (κ1) is 17.6. The molecule has 0 aromatic heterocycles. The number of carbonyl (C=O) groups is 1. The summed E-state index contributed by atoms with van der Waals surface area (Å²) in [6, 6.07) is 7.08. The molecule has 0 saturated heterocycles. The Bertz CT molecular complexity index is 485. The van der Waals surface area contributed by atoms with Gasteiger partial charge in [-0.25, -0.2) is 0 Å². The van der Waals surface area contributed by atoms with Crippen molar-refractivity contribution >= 4 is 28.8 Å². The van der Waals surface area contributed by atoms with E-state index in [-0.39, 0.29) is 11.9 Å². The molecule has 5 heteroatoms. The molecule has 0 heterocycles. The Morgan fingerprint density at radius 1 is 1.29 bits per heavy atom. The molecule has 0 aliphatic heterocycles. The third kappa shape index (κ3) is 5.81. The number of nitrogens with zero attached hydrogens (tertiary/aromatic N) is 1. The number of nitrogens with one attached hydrogen (secondary N) is 1. The summed E-state index contributed by atoms with van der Waals surface area (Å²) < 4.78 is 0. The number of hydrogen-bond acceptors (Lipinski definition) is 3. The molecule has 116 valence electrons. The van der Waals surface area contributed by atoms with Crippen LogP contribution in [0.2, 0.25) is 0 Å². The van der Waals surface area contributed by atoms with E-state index in [1.807, 2.05) is 38.2 Å². The topological polar surface area (TPSA) is 58.4 Å². The van der Waals surface area contributed by atoms with Crippen molar-refractivity contribution in [1.29, 1.82) is 0 Å². The maximum absolute atomic E-state index is 12.2. The van der Waals surface area contributed by atoms with Gasteiger partial charge in [-0.05, 0) is 57.1 Å². The Kier molecular flexibility index (Phi) is 6.78. The molecular formula is C16H25N3OS. The molecule has 1 amide bonds. The molecule has 3 N–H and O–H groups in total. The molecule has 1 rings (SSSR count). The second-order valence-corrected chi connectivity index (χ2v) is 6.21. The van der Waals surface area contributed by atoms with E-state index < -0.39 is 0 Å². The number of anilines is 1. The van der Waals surface area contributed by atoms with Crippen LogP contribution in [0.5, 0.6) is 0 Å². The predicted molar refractivity (Wildman–Crippen MR) is 92.5 cm³/mol. The lowest BCUT2D eigenvalue weighted by Gasteiger charge is -2.24. The predicted octanol–water partition coefficient (Wildman–Crippen LogP) is 2.63. The van der Waals surface area contributed by atoms with Crippen molar-refractivity contribution in [3.05, 3.63) is 29.8 Å². The highest BCUT2D eigenvalue weighted by atomic mass is 32.1. The van der Waals surface area contributed by atoms with Gasteiger partial charge in [0.05, 0.1) is 6.04 Å². The monoisotopic (exact) mass is 307 g/mol. The van der Waals surface area contributed by atoms with Gasteiger partial charge < -0.3 is 11.1 Å². The van der Waals surface area contributed by atoms with Crippen molar-refractivity contribution in [3.63, 3.8) is 0 Å². The van der Waals surface area contributed by atoms with E-state index >= 15 is 0 Å². The fourth-order valence-electron chi connectivity index (χ4n) is 1.82. The summed E-state index contributed by atoms with van der Waals surface area (Å²) in [4.78, 5) is 14.6. The number of nitrogens with two attached hydrogens (primary N) is 1. The van der Waals surface area contributed by atoms with Crippen LogP contribution in [-0.4, -0.2) is 35.4 Å². The number of amides is 1. The Balaban J connectivity index is 2.57. The van der Waals surface area contributed by atoms with Crippen molar-refractivity contribution in [2.45, 2.75) is 33.2 Å². The molecule has 0 aliphatic rings. The van der Waals surface area contributed by atoms with E-state index in [0.717, 1.165) is 24.2 Å². The highest BCUT2D eigenvalue weighted by molar-refractivity contribution is 7.80. The molecule has 0 spiro atoms. The summed E-state index contributed by atoms with van der Waals surface area (Å²) in [7, 11) is 1.97. The highest BCUT2D eigenvalue weighted by Gasteiger charge is 2.18. The van der Waals surface area contributed by atoms with Gasteiger partial charge in [-0.1, -0.05) is 26.1 Å². The van der Waals surface area contributed by atoms with E-state index in [4.69, 9.17) is 18.0 Å². The molecule has 0 bridgehead atoms. The van der Waals surface area contributed by atoms with Crippen LogP contribution in [0.1, 0.15) is 32.8 Å². The molecule has 1 atom stereocenters.